The van der Waals surface area contributed by atoms with Gasteiger partial charge in [0.05, 0.1) is 14.2 Å². The van der Waals surface area contributed by atoms with Crippen LogP contribution in [0.2, 0.25) is 18.1 Å². The summed E-state index contributed by atoms with van der Waals surface area (Å²) in [6.07, 6.45) is -0.972. The van der Waals surface area contributed by atoms with Gasteiger partial charge >= 0.3 is 0 Å². The largest absolute Gasteiger partial charge is 0.497 e. The number of rotatable bonds is 5. The van der Waals surface area contributed by atoms with Crippen molar-refractivity contribution in [2.45, 2.75) is 45.2 Å². The van der Waals surface area contributed by atoms with Crippen molar-refractivity contribution in [1.29, 1.82) is 0 Å². The number of aliphatic hydroxyl groups is 1. The molecule has 0 radical (unpaired) electrons. The van der Waals surface area contributed by atoms with E-state index in [1.807, 2.05) is 0 Å². The van der Waals surface area contributed by atoms with Crippen LogP contribution in [0.5, 0.6) is 11.5 Å². The first kappa shape index (κ1) is 17.0. The van der Waals surface area contributed by atoms with Gasteiger partial charge in [0.1, 0.15) is 11.5 Å². The fourth-order valence-corrected chi connectivity index (χ4v) is 2.54. The standard InChI is InChI=1S/C15H26O4Si/c1-15(2,3)20(6,7)19-14(16)11-8-12(17-4)10-13(9-11)18-5/h8-10,14,16H,1-7H3. The first-order chi connectivity index (χ1) is 9.10. The van der Waals surface area contributed by atoms with E-state index in [9.17, 15) is 5.11 Å². The predicted octanol–water partition coefficient (Wildman–Crippen LogP) is 3.72. The molecule has 0 aliphatic carbocycles. The quantitative estimate of drug-likeness (QED) is 0.665. The summed E-state index contributed by atoms with van der Waals surface area (Å²) in [5.41, 5.74) is 0.644. The second-order valence-corrected chi connectivity index (χ2v) is 11.1. The molecule has 20 heavy (non-hydrogen) atoms. The van der Waals surface area contributed by atoms with E-state index in [4.69, 9.17) is 13.9 Å². The van der Waals surface area contributed by atoms with E-state index in [1.165, 1.54) is 0 Å². The second-order valence-electron chi connectivity index (χ2n) is 6.38. The molecule has 0 bridgehead atoms. The lowest BCUT2D eigenvalue weighted by Gasteiger charge is -2.37. The van der Waals surface area contributed by atoms with Crippen LogP contribution in [-0.4, -0.2) is 27.6 Å². The molecule has 5 heteroatoms. The Labute approximate surface area is 122 Å². The third-order valence-corrected chi connectivity index (χ3v) is 8.30. The van der Waals surface area contributed by atoms with E-state index in [2.05, 4.69) is 33.9 Å². The van der Waals surface area contributed by atoms with Crippen molar-refractivity contribution in [3.05, 3.63) is 23.8 Å². The van der Waals surface area contributed by atoms with Gasteiger partial charge < -0.3 is 19.0 Å². The molecule has 1 atom stereocenters. The van der Waals surface area contributed by atoms with Crippen molar-refractivity contribution in [1.82, 2.24) is 0 Å². The Morgan fingerprint density at radius 2 is 1.45 bits per heavy atom. The van der Waals surface area contributed by atoms with Gasteiger partial charge in [-0.15, -0.1) is 0 Å². The fraction of sp³-hybridized carbons (Fsp3) is 0.600. The Bertz CT molecular complexity index is 429. The zero-order valence-corrected chi connectivity index (χ0v) is 14.5. The van der Waals surface area contributed by atoms with Gasteiger partial charge in [-0.05, 0) is 30.3 Å². The minimum Gasteiger partial charge on any atom is -0.497 e. The van der Waals surface area contributed by atoms with Gasteiger partial charge in [-0.3, -0.25) is 0 Å². The monoisotopic (exact) mass is 298 g/mol. The first-order valence-electron chi connectivity index (χ1n) is 6.69. The van der Waals surface area contributed by atoms with Crippen LogP contribution in [0.25, 0.3) is 0 Å². The van der Waals surface area contributed by atoms with E-state index in [-0.39, 0.29) is 5.04 Å². The van der Waals surface area contributed by atoms with Crippen molar-refractivity contribution in [2.24, 2.45) is 0 Å². The molecule has 1 rings (SSSR count). The van der Waals surface area contributed by atoms with Crippen LogP contribution in [0, 0.1) is 0 Å². The summed E-state index contributed by atoms with van der Waals surface area (Å²) in [5, 5.41) is 10.4. The van der Waals surface area contributed by atoms with E-state index in [0.29, 0.717) is 17.1 Å². The number of methoxy groups -OCH3 is 2. The van der Waals surface area contributed by atoms with Crippen molar-refractivity contribution in [2.75, 3.05) is 14.2 Å². The van der Waals surface area contributed by atoms with Gasteiger partial charge in [-0.25, -0.2) is 0 Å². The van der Waals surface area contributed by atoms with Crippen molar-refractivity contribution < 1.29 is 19.0 Å². The fourth-order valence-electron chi connectivity index (χ4n) is 1.50. The summed E-state index contributed by atoms with van der Waals surface area (Å²) in [6, 6.07) is 5.29. The molecule has 1 aromatic carbocycles. The van der Waals surface area contributed by atoms with Crippen LogP contribution >= 0.6 is 0 Å². The van der Waals surface area contributed by atoms with Crippen LogP contribution in [0.1, 0.15) is 32.6 Å². The number of benzene rings is 1. The molecule has 1 aromatic rings. The average molecular weight is 298 g/mol. The molecule has 0 heterocycles. The first-order valence-corrected chi connectivity index (χ1v) is 9.60. The molecular formula is C15H26O4Si. The van der Waals surface area contributed by atoms with Crippen LogP contribution in [0.4, 0.5) is 0 Å². The Hall–Kier alpha value is -1.04. The molecule has 1 N–H and O–H groups in total. The van der Waals surface area contributed by atoms with E-state index < -0.39 is 14.6 Å². The zero-order valence-electron chi connectivity index (χ0n) is 13.5. The lowest BCUT2D eigenvalue weighted by molar-refractivity contribution is -0.0309. The summed E-state index contributed by atoms with van der Waals surface area (Å²) in [4.78, 5) is 0. The van der Waals surface area contributed by atoms with Crippen LogP contribution in [0.15, 0.2) is 18.2 Å². The van der Waals surface area contributed by atoms with Gasteiger partial charge in [0.2, 0.25) is 0 Å². The molecule has 0 amide bonds. The highest BCUT2D eigenvalue weighted by molar-refractivity contribution is 6.74. The van der Waals surface area contributed by atoms with Gasteiger partial charge in [-0.2, -0.15) is 0 Å². The van der Waals surface area contributed by atoms with Crippen molar-refractivity contribution in [3.63, 3.8) is 0 Å². The van der Waals surface area contributed by atoms with Crippen LogP contribution in [-0.2, 0) is 4.43 Å². The summed E-state index contributed by atoms with van der Waals surface area (Å²) in [5.74, 6) is 1.27. The summed E-state index contributed by atoms with van der Waals surface area (Å²) in [7, 11) is 1.13. The molecule has 0 aliphatic heterocycles. The van der Waals surface area contributed by atoms with Crippen LogP contribution < -0.4 is 9.47 Å². The highest BCUT2D eigenvalue weighted by atomic mass is 28.4. The average Bonchev–Trinajstić information content (AvgIpc) is 2.36. The molecule has 4 nitrogen and oxygen atoms in total. The molecule has 1 unspecified atom stereocenters. The molecule has 114 valence electrons. The highest BCUT2D eigenvalue weighted by Crippen LogP contribution is 2.39. The molecule has 0 aliphatic rings. The minimum atomic E-state index is -2.04. The zero-order chi connectivity index (χ0) is 15.6. The SMILES string of the molecule is COc1cc(OC)cc(C(O)O[Si](C)(C)C(C)(C)C)c1. The third kappa shape index (κ3) is 3.98. The molecule has 0 saturated heterocycles. The maximum absolute atomic E-state index is 10.4. The lowest BCUT2D eigenvalue weighted by atomic mass is 10.2. The van der Waals surface area contributed by atoms with Gasteiger partial charge in [0.15, 0.2) is 14.6 Å². The number of ether oxygens (including phenoxy) is 2. The lowest BCUT2D eigenvalue weighted by Crippen LogP contribution is -2.41. The predicted molar refractivity (Wildman–Crippen MR) is 82.8 cm³/mol. The van der Waals surface area contributed by atoms with Gasteiger partial charge in [0, 0.05) is 11.6 Å². The van der Waals surface area contributed by atoms with E-state index >= 15 is 0 Å². The summed E-state index contributed by atoms with van der Waals surface area (Å²) < 4.78 is 16.4. The van der Waals surface area contributed by atoms with Crippen molar-refractivity contribution in [3.8, 4) is 11.5 Å². The topological polar surface area (TPSA) is 47.9 Å². The highest BCUT2D eigenvalue weighted by Gasteiger charge is 2.39. The smallest absolute Gasteiger partial charge is 0.195 e. The molecule has 0 aromatic heterocycles. The molecule has 0 spiro atoms. The van der Waals surface area contributed by atoms with Gasteiger partial charge in [-0.1, -0.05) is 20.8 Å². The Morgan fingerprint density at radius 3 is 1.80 bits per heavy atom. The third-order valence-electron chi connectivity index (χ3n) is 3.87. The van der Waals surface area contributed by atoms with Gasteiger partial charge in [0.25, 0.3) is 0 Å². The Kier molecular flexibility index (Phi) is 5.24. The summed E-state index contributed by atoms with van der Waals surface area (Å²) in [6.45, 7) is 10.6. The maximum Gasteiger partial charge on any atom is 0.195 e. The Balaban J connectivity index is 3.00. The van der Waals surface area contributed by atoms with Crippen LogP contribution in [0.3, 0.4) is 0 Å². The van der Waals surface area contributed by atoms with E-state index in [0.717, 1.165) is 0 Å². The summed E-state index contributed by atoms with van der Waals surface area (Å²) >= 11 is 0. The number of aliphatic hydroxyl groups excluding tert-OH is 1. The Morgan fingerprint density at radius 1 is 1.00 bits per heavy atom. The molecular weight excluding hydrogens is 272 g/mol. The number of hydrogen-bond donors (Lipinski definition) is 1. The molecule has 0 saturated carbocycles. The second kappa shape index (κ2) is 6.16. The van der Waals surface area contributed by atoms with E-state index in [1.54, 1.807) is 32.4 Å². The minimum absolute atomic E-state index is 0.0386. The van der Waals surface area contributed by atoms with Crippen molar-refractivity contribution >= 4 is 8.32 Å². The normalized spacial score (nSPS) is 14.0. The molecule has 0 fully saturated rings. The number of hydrogen-bond acceptors (Lipinski definition) is 4. The maximum atomic E-state index is 10.4.